The fourth-order valence-corrected chi connectivity index (χ4v) is 4.47. The first-order valence-electron chi connectivity index (χ1n) is 12.9. The van der Waals surface area contributed by atoms with E-state index in [1.165, 1.54) is 55.7 Å². The Hall–Kier alpha value is -4.38. The maximum absolute atomic E-state index is 13.8. The molecule has 0 spiro atoms. The van der Waals surface area contributed by atoms with Crippen LogP contribution in [0.5, 0.6) is 11.5 Å². The van der Waals surface area contributed by atoms with Gasteiger partial charge in [0.25, 0.3) is 5.91 Å². The summed E-state index contributed by atoms with van der Waals surface area (Å²) >= 11 is 0. The van der Waals surface area contributed by atoms with E-state index < -0.39 is 36.1 Å². The Morgan fingerprint density at radius 1 is 1.05 bits per heavy atom. The number of nitrogens with one attached hydrogen (secondary N) is 2. The van der Waals surface area contributed by atoms with E-state index in [0.717, 1.165) is 12.8 Å². The van der Waals surface area contributed by atoms with Crippen LogP contribution in [0.15, 0.2) is 65.3 Å². The van der Waals surface area contributed by atoms with Crippen molar-refractivity contribution in [3.05, 3.63) is 83.6 Å². The van der Waals surface area contributed by atoms with Crippen molar-refractivity contribution in [3.8, 4) is 11.5 Å². The van der Waals surface area contributed by atoms with Gasteiger partial charge in [-0.3, -0.25) is 14.4 Å². The smallest absolute Gasteiger partial charge is 0.287 e. The van der Waals surface area contributed by atoms with Gasteiger partial charge in [-0.2, -0.15) is 0 Å². The molecule has 0 aliphatic carbocycles. The van der Waals surface area contributed by atoms with Crippen molar-refractivity contribution in [2.45, 2.75) is 31.5 Å². The molecule has 0 bridgehead atoms. The lowest BCUT2D eigenvalue weighted by molar-refractivity contribution is -0.141. The van der Waals surface area contributed by atoms with Crippen LogP contribution in [0.25, 0.3) is 0 Å². The Kier molecular flexibility index (Phi) is 9.74. The molecule has 3 amide bonds. The van der Waals surface area contributed by atoms with Crippen LogP contribution in [0.1, 0.15) is 40.6 Å². The maximum Gasteiger partial charge on any atom is 0.287 e. The number of methoxy groups -OCH3 is 2. The highest BCUT2D eigenvalue weighted by molar-refractivity contribution is 5.95. The average molecular weight is 554 g/mol. The van der Waals surface area contributed by atoms with Crippen LogP contribution in [-0.4, -0.2) is 62.6 Å². The Morgan fingerprint density at radius 2 is 1.82 bits per heavy atom. The maximum atomic E-state index is 13.8. The average Bonchev–Trinajstić information content (AvgIpc) is 3.70. The van der Waals surface area contributed by atoms with Gasteiger partial charge in [-0.25, -0.2) is 4.39 Å². The molecule has 1 fully saturated rings. The molecule has 1 aromatic heterocycles. The van der Waals surface area contributed by atoms with E-state index in [1.807, 2.05) is 0 Å². The second kappa shape index (κ2) is 13.6. The summed E-state index contributed by atoms with van der Waals surface area (Å²) in [5.41, 5.74) is 1.04. The molecule has 3 aromatic rings. The van der Waals surface area contributed by atoms with Crippen molar-refractivity contribution in [1.29, 1.82) is 0 Å². The number of rotatable bonds is 12. The Balaban J connectivity index is 1.67. The molecule has 1 aliphatic rings. The zero-order valence-corrected chi connectivity index (χ0v) is 22.4. The standard InChI is InChI=1S/C29H32FN3O7/c1-37-23-12-9-20(15-25(23)38-2)27(29(36)31-16-22-5-3-13-39-22)33(18-19-7-10-21(30)11-8-19)26(34)17-32-28(35)24-6-4-14-40-24/h4,6-12,14-15,22,27H,3,5,13,16-18H2,1-2H3,(H,31,36)(H,32,35)/t22-,27+/m0/s1. The van der Waals surface area contributed by atoms with Gasteiger partial charge in [0, 0.05) is 19.7 Å². The Bertz CT molecular complexity index is 1290. The molecule has 0 unspecified atom stereocenters. The van der Waals surface area contributed by atoms with Crippen LogP contribution in [0.4, 0.5) is 4.39 Å². The monoisotopic (exact) mass is 553 g/mol. The number of nitrogens with zero attached hydrogens (tertiary/aromatic N) is 1. The lowest BCUT2D eigenvalue weighted by atomic mass is 10.0. The fourth-order valence-electron chi connectivity index (χ4n) is 4.47. The Morgan fingerprint density at radius 3 is 2.48 bits per heavy atom. The highest BCUT2D eigenvalue weighted by Gasteiger charge is 2.33. The third kappa shape index (κ3) is 7.17. The molecule has 1 saturated heterocycles. The van der Waals surface area contributed by atoms with Gasteiger partial charge in [0.05, 0.1) is 33.1 Å². The highest BCUT2D eigenvalue weighted by atomic mass is 19.1. The minimum Gasteiger partial charge on any atom is -0.493 e. The van der Waals surface area contributed by atoms with Gasteiger partial charge in [-0.15, -0.1) is 0 Å². The second-order valence-electron chi connectivity index (χ2n) is 9.21. The van der Waals surface area contributed by atoms with E-state index in [2.05, 4.69) is 10.6 Å². The van der Waals surface area contributed by atoms with E-state index in [4.69, 9.17) is 18.6 Å². The van der Waals surface area contributed by atoms with Crippen molar-refractivity contribution in [2.75, 3.05) is 33.9 Å². The molecule has 40 heavy (non-hydrogen) atoms. The van der Waals surface area contributed by atoms with Crippen molar-refractivity contribution in [1.82, 2.24) is 15.5 Å². The molecule has 4 rings (SSSR count). The minimum atomic E-state index is -1.13. The Labute approximate surface area is 231 Å². The van der Waals surface area contributed by atoms with E-state index in [0.29, 0.717) is 29.2 Å². The van der Waals surface area contributed by atoms with E-state index >= 15 is 0 Å². The minimum absolute atomic E-state index is 0.0396. The summed E-state index contributed by atoms with van der Waals surface area (Å²) in [6, 6.07) is 12.5. The predicted molar refractivity (Wildman–Crippen MR) is 142 cm³/mol. The normalized spacial score (nSPS) is 15.2. The zero-order chi connectivity index (χ0) is 28.5. The fraction of sp³-hybridized carbons (Fsp3) is 0.345. The summed E-state index contributed by atoms with van der Waals surface area (Å²) in [6.45, 7) is 0.451. The quantitative estimate of drug-likeness (QED) is 0.354. The largest absolute Gasteiger partial charge is 0.493 e. The van der Waals surface area contributed by atoms with Crippen LogP contribution in [0.2, 0.25) is 0 Å². The SMILES string of the molecule is COc1ccc([C@H](C(=O)NC[C@@H]2CCCO2)N(Cc2ccc(F)cc2)C(=O)CNC(=O)c2ccco2)cc1OC. The summed E-state index contributed by atoms with van der Waals surface area (Å²) in [7, 11) is 2.97. The number of hydrogen-bond donors (Lipinski definition) is 2. The number of amides is 3. The molecule has 2 aromatic carbocycles. The number of hydrogen-bond acceptors (Lipinski definition) is 7. The summed E-state index contributed by atoms with van der Waals surface area (Å²) in [5, 5.41) is 5.46. The molecule has 0 radical (unpaired) electrons. The summed E-state index contributed by atoms with van der Waals surface area (Å²) in [5.74, 6) is -1.14. The molecule has 2 N–H and O–H groups in total. The first-order valence-corrected chi connectivity index (χ1v) is 12.9. The first kappa shape index (κ1) is 28.6. The molecule has 2 atom stereocenters. The van der Waals surface area contributed by atoms with Gasteiger partial charge < -0.3 is 34.2 Å². The van der Waals surface area contributed by atoms with Crippen LogP contribution in [-0.2, 0) is 20.9 Å². The number of carbonyl (C=O) groups is 3. The van der Waals surface area contributed by atoms with E-state index in [-0.39, 0.29) is 25.0 Å². The zero-order valence-electron chi connectivity index (χ0n) is 22.4. The molecular formula is C29H32FN3O7. The summed E-state index contributed by atoms with van der Waals surface area (Å²) in [6.07, 6.45) is 2.95. The molecule has 212 valence electrons. The molecule has 1 aliphatic heterocycles. The van der Waals surface area contributed by atoms with Crippen LogP contribution in [0.3, 0.4) is 0 Å². The van der Waals surface area contributed by atoms with Gasteiger partial charge in [-0.1, -0.05) is 18.2 Å². The molecule has 11 heteroatoms. The van der Waals surface area contributed by atoms with Gasteiger partial charge in [0.1, 0.15) is 11.9 Å². The van der Waals surface area contributed by atoms with E-state index in [1.54, 1.807) is 24.3 Å². The van der Waals surface area contributed by atoms with Crippen molar-refractivity contribution < 1.29 is 37.4 Å². The third-order valence-corrected chi connectivity index (χ3v) is 6.54. The lowest BCUT2D eigenvalue weighted by Gasteiger charge is -2.32. The van der Waals surface area contributed by atoms with Crippen molar-refractivity contribution in [2.24, 2.45) is 0 Å². The van der Waals surface area contributed by atoms with Crippen LogP contribution < -0.4 is 20.1 Å². The second-order valence-corrected chi connectivity index (χ2v) is 9.21. The number of benzene rings is 2. The summed E-state index contributed by atoms with van der Waals surface area (Å²) in [4.78, 5) is 41.3. The van der Waals surface area contributed by atoms with Gasteiger partial charge in [-0.05, 0) is 60.4 Å². The van der Waals surface area contributed by atoms with Crippen molar-refractivity contribution >= 4 is 17.7 Å². The molecule has 0 saturated carbocycles. The number of furan rings is 1. The molecular weight excluding hydrogens is 521 g/mol. The van der Waals surface area contributed by atoms with Crippen LogP contribution in [0, 0.1) is 5.82 Å². The molecule has 10 nitrogen and oxygen atoms in total. The summed E-state index contributed by atoms with van der Waals surface area (Å²) < 4.78 is 35.2. The third-order valence-electron chi connectivity index (χ3n) is 6.54. The molecule has 2 heterocycles. The number of carbonyl (C=O) groups excluding carboxylic acids is 3. The van der Waals surface area contributed by atoms with E-state index in [9.17, 15) is 18.8 Å². The van der Waals surface area contributed by atoms with Crippen molar-refractivity contribution in [3.63, 3.8) is 0 Å². The number of halogens is 1. The first-order chi connectivity index (χ1) is 19.4. The van der Waals surface area contributed by atoms with Gasteiger partial charge in [0.2, 0.25) is 11.8 Å². The van der Waals surface area contributed by atoms with Gasteiger partial charge in [0.15, 0.2) is 17.3 Å². The topological polar surface area (TPSA) is 119 Å². The van der Waals surface area contributed by atoms with Crippen LogP contribution >= 0.6 is 0 Å². The predicted octanol–water partition coefficient (Wildman–Crippen LogP) is 3.23. The van der Waals surface area contributed by atoms with Gasteiger partial charge >= 0.3 is 0 Å². The number of ether oxygens (including phenoxy) is 3. The lowest BCUT2D eigenvalue weighted by Crippen LogP contribution is -2.48. The highest BCUT2D eigenvalue weighted by Crippen LogP contribution is 2.33.